The summed E-state index contributed by atoms with van der Waals surface area (Å²) in [7, 11) is 0. The van der Waals surface area contributed by atoms with Gasteiger partial charge in [-0.15, -0.1) is 0 Å². The molecule has 5 atom stereocenters. The zero-order chi connectivity index (χ0) is 10.6. The van der Waals surface area contributed by atoms with Gasteiger partial charge in [0, 0.05) is 6.42 Å². The zero-order valence-electron chi connectivity index (χ0n) is 7.79. The number of hydrogen-bond acceptors (Lipinski definition) is 5. The Bertz CT molecular complexity index is 274. The van der Waals surface area contributed by atoms with Gasteiger partial charge < -0.3 is 25.2 Å². The molecule has 5 nitrogen and oxygen atoms in total. The lowest BCUT2D eigenvalue weighted by Gasteiger charge is -2.39. The monoisotopic (exact) mass is 202 g/mol. The molecule has 4 N–H and O–H groups in total. The fraction of sp³-hybridized carbons (Fsp3) is 0.778. The number of aliphatic hydroxyl groups excluding tert-OH is 2. The lowest BCUT2D eigenvalue weighted by atomic mass is 9.82. The van der Waals surface area contributed by atoms with Gasteiger partial charge >= 0.3 is 0 Å². The van der Waals surface area contributed by atoms with Crippen molar-refractivity contribution in [2.45, 2.75) is 36.9 Å². The van der Waals surface area contributed by atoms with Crippen LogP contribution in [0, 0.1) is 5.92 Å². The van der Waals surface area contributed by atoms with E-state index in [1.165, 1.54) is 13.0 Å². The van der Waals surface area contributed by atoms with E-state index in [2.05, 4.69) is 0 Å². The largest absolute Gasteiger partial charge is 0.472 e. The van der Waals surface area contributed by atoms with E-state index in [1.807, 2.05) is 0 Å². The minimum absolute atomic E-state index is 0.0128. The molecular formula is C9H14O5. The molecule has 5 heteroatoms. The average Bonchev–Trinajstić information content (AvgIpc) is 2.19. The van der Waals surface area contributed by atoms with Gasteiger partial charge in [-0.2, -0.15) is 0 Å². The molecule has 0 aromatic carbocycles. The molecule has 14 heavy (non-hydrogen) atoms. The first-order valence-corrected chi connectivity index (χ1v) is 4.52. The molecule has 0 amide bonds. The summed E-state index contributed by atoms with van der Waals surface area (Å²) in [5.41, 5.74) is -2.93. The molecule has 1 heterocycles. The van der Waals surface area contributed by atoms with Crippen LogP contribution in [-0.2, 0) is 4.74 Å². The maximum absolute atomic E-state index is 10.0. The van der Waals surface area contributed by atoms with Crippen molar-refractivity contribution < 1.29 is 25.2 Å². The Morgan fingerprint density at radius 3 is 2.57 bits per heavy atom. The topological polar surface area (TPSA) is 90.2 Å². The molecule has 0 spiro atoms. The normalized spacial score (nSPS) is 56.8. The minimum atomic E-state index is -1.60. The Kier molecular flexibility index (Phi) is 1.91. The smallest absolute Gasteiger partial charge is 0.205 e. The van der Waals surface area contributed by atoms with Gasteiger partial charge in [-0.3, -0.25) is 0 Å². The molecule has 80 valence electrons. The van der Waals surface area contributed by atoms with E-state index < -0.39 is 29.5 Å². The highest BCUT2D eigenvalue weighted by Gasteiger charge is 2.62. The van der Waals surface area contributed by atoms with Crippen molar-refractivity contribution in [2.75, 3.05) is 0 Å². The summed E-state index contributed by atoms with van der Waals surface area (Å²) >= 11 is 0. The average molecular weight is 202 g/mol. The molecule has 0 saturated heterocycles. The minimum Gasteiger partial charge on any atom is -0.472 e. The summed E-state index contributed by atoms with van der Waals surface area (Å²) in [5.74, 6) is -0.921. The Morgan fingerprint density at radius 2 is 2.00 bits per heavy atom. The molecule has 0 unspecified atom stereocenters. The molecule has 1 saturated carbocycles. The highest BCUT2D eigenvalue weighted by molar-refractivity contribution is 5.20. The second kappa shape index (κ2) is 2.70. The number of fused-ring (bicyclic) bond motifs is 1. The second-order valence-electron chi connectivity index (χ2n) is 4.27. The summed E-state index contributed by atoms with van der Waals surface area (Å²) in [6.07, 6.45) is 0.0516. The fourth-order valence-corrected chi connectivity index (χ4v) is 2.44. The third kappa shape index (κ3) is 1.10. The molecule has 0 radical (unpaired) electrons. The van der Waals surface area contributed by atoms with Crippen LogP contribution in [0.3, 0.4) is 0 Å². The Morgan fingerprint density at radius 1 is 1.36 bits per heavy atom. The predicted octanol–water partition coefficient (Wildman–Crippen LogP) is -1.29. The van der Waals surface area contributed by atoms with Crippen molar-refractivity contribution in [1.82, 2.24) is 0 Å². The van der Waals surface area contributed by atoms with Gasteiger partial charge in [-0.25, -0.2) is 0 Å². The van der Waals surface area contributed by atoms with Crippen LogP contribution < -0.4 is 0 Å². The van der Waals surface area contributed by atoms with Gasteiger partial charge in [0.05, 0.1) is 23.9 Å². The molecule has 0 bridgehead atoms. The zero-order valence-corrected chi connectivity index (χ0v) is 7.79. The quantitative estimate of drug-likeness (QED) is 0.392. The molecule has 1 fully saturated rings. The molecular weight excluding hydrogens is 188 g/mol. The van der Waals surface area contributed by atoms with Crippen LogP contribution in [0.25, 0.3) is 0 Å². The van der Waals surface area contributed by atoms with E-state index in [4.69, 9.17) is 4.74 Å². The first-order valence-electron chi connectivity index (χ1n) is 4.52. The maximum atomic E-state index is 10.0. The van der Waals surface area contributed by atoms with E-state index in [0.29, 0.717) is 0 Å². The third-order valence-corrected chi connectivity index (χ3v) is 3.15. The molecule has 0 aromatic heterocycles. The standard InChI is InChI=1S/C9H14O5/c1-8(12)4-5(10)9(13)2-3-14-7(11)6(8)9/h2-3,5-7,10-13H,4H2,1H3/t5-,6-,7-,8+,9-/m1/s1. The SMILES string of the molecule is C[C@]1(O)C[C@@H](O)[C@]2(O)C=CO[C@@H](O)[C@@H]21. The van der Waals surface area contributed by atoms with Crippen molar-refractivity contribution >= 4 is 0 Å². The van der Waals surface area contributed by atoms with E-state index in [1.54, 1.807) is 0 Å². The first-order chi connectivity index (χ1) is 6.38. The van der Waals surface area contributed by atoms with Crippen molar-refractivity contribution in [1.29, 1.82) is 0 Å². The number of ether oxygens (including phenoxy) is 1. The highest BCUT2D eigenvalue weighted by Crippen LogP contribution is 2.47. The van der Waals surface area contributed by atoms with Crippen molar-refractivity contribution in [3.05, 3.63) is 12.3 Å². The summed E-state index contributed by atoms with van der Waals surface area (Å²) in [6.45, 7) is 1.46. The van der Waals surface area contributed by atoms with Crippen molar-refractivity contribution in [2.24, 2.45) is 5.92 Å². The Hall–Kier alpha value is -0.620. The first kappa shape index (κ1) is 9.92. The van der Waals surface area contributed by atoms with Gasteiger partial charge in [0.15, 0.2) is 0 Å². The van der Waals surface area contributed by atoms with Crippen LogP contribution in [0.1, 0.15) is 13.3 Å². The summed E-state index contributed by atoms with van der Waals surface area (Å²) in [5, 5.41) is 39.1. The van der Waals surface area contributed by atoms with Crippen LogP contribution in [0.4, 0.5) is 0 Å². The van der Waals surface area contributed by atoms with Gasteiger partial charge in [-0.1, -0.05) is 0 Å². The predicted molar refractivity (Wildman–Crippen MR) is 45.9 cm³/mol. The van der Waals surface area contributed by atoms with Gasteiger partial charge in [0.1, 0.15) is 5.60 Å². The lowest BCUT2D eigenvalue weighted by Crippen LogP contribution is -2.53. The Balaban J connectivity index is 2.44. The summed E-state index contributed by atoms with van der Waals surface area (Å²) < 4.78 is 4.78. The molecule has 2 aliphatic rings. The van der Waals surface area contributed by atoms with E-state index in [0.717, 1.165) is 6.26 Å². The molecule has 0 aromatic rings. The molecule has 1 aliphatic heterocycles. The summed E-state index contributed by atoms with van der Waals surface area (Å²) in [6, 6.07) is 0. The highest BCUT2D eigenvalue weighted by atomic mass is 16.6. The van der Waals surface area contributed by atoms with Crippen LogP contribution in [0.2, 0.25) is 0 Å². The van der Waals surface area contributed by atoms with E-state index >= 15 is 0 Å². The molecule has 1 aliphatic carbocycles. The van der Waals surface area contributed by atoms with Crippen molar-refractivity contribution in [3.8, 4) is 0 Å². The van der Waals surface area contributed by atoms with Crippen LogP contribution >= 0.6 is 0 Å². The van der Waals surface area contributed by atoms with Crippen LogP contribution in [0.15, 0.2) is 12.3 Å². The lowest BCUT2D eigenvalue weighted by molar-refractivity contribution is -0.201. The fourth-order valence-electron chi connectivity index (χ4n) is 2.44. The Labute approximate surface area is 81.2 Å². The maximum Gasteiger partial charge on any atom is 0.205 e. The number of hydrogen-bond donors (Lipinski definition) is 4. The number of rotatable bonds is 0. The van der Waals surface area contributed by atoms with E-state index in [-0.39, 0.29) is 6.42 Å². The summed E-state index contributed by atoms with van der Waals surface area (Å²) in [4.78, 5) is 0. The van der Waals surface area contributed by atoms with Crippen LogP contribution in [0.5, 0.6) is 0 Å². The van der Waals surface area contributed by atoms with Crippen LogP contribution in [-0.4, -0.2) is 44.0 Å². The molecule has 2 rings (SSSR count). The van der Waals surface area contributed by atoms with Gasteiger partial charge in [-0.05, 0) is 13.0 Å². The second-order valence-corrected chi connectivity index (χ2v) is 4.27. The number of aliphatic hydroxyl groups is 4. The van der Waals surface area contributed by atoms with E-state index in [9.17, 15) is 20.4 Å². The van der Waals surface area contributed by atoms with Gasteiger partial charge in [0.2, 0.25) is 6.29 Å². The third-order valence-electron chi connectivity index (χ3n) is 3.15. The van der Waals surface area contributed by atoms with Crippen molar-refractivity contribution in [3.63, 3.8) is 0 Å². The van der Waals surface area contributed by atoms with Gasteiger partial charge in [0.25, 0.3) is 0 Å².